The minimum atomic E-state index is -0.0742. The van der Waals surface area contributed by atoms with Gasteiger partial charge in [0.1, 0.15) is 0 Å². The summed E-state index contributed by atoms with van der Waals surface area (Å²) in [5.74, 6) is 1.98. The molecular formula is C54H46N4. The largest absolute Gasteiger partial charge is 0.309 e. The highest BCUT2D eigenvalue weighted by molar-refractivity contribution is 6.10. The zero-order chi connectivity index (χ0) is 39.6. The van der Waals surface area contributed by atoms with Crippen LogP contribution in [0.2, 0.25) is 0 Å². The van der Waals surface area contributed by atoms with Gasteiger partial charge in [0, 0.05) is 38.6 Å². The molecule has 0 saturated carbocycles. The summed E-state index contributed by atoms with van der Waals surface area (Å²) in [7, 11) is 0. The lowest BCUT2D eigenvalue weighted by Gasteiger charge is -2.42. The van der Waals surface area contributed by atoms with Gasteiger partial charge in [0.05, 0.1) is 11.0 Å². The van der Waals surface area contributed by atoms with Crippen molar-refractivity contribution in [2.75, 3.05) is 0 Å². The summed E-state index contributed by atoms with van der Waals surface area (Å²) in [5.41, 5.74) is 14.8. The molecule has 2 heterocycles. The van der Waals surface area contributed by atoms with Crippen molar-refractivity contribution in [2.24, 2.45) is 0 Å². The highest BCUT2D eigenvalue weighted by Gasteiger charge is 2.38. The third-order valence-electron chi connectivity index (χ3n) is 13.5. The molecule has 0 spiro atoms. The Labute approximate surface area is 340 Å². The topological polar surface area (TPSA) is 43.6 Å². The number of aromatic nitrogens is 4. The fourth-order valence-corrected chi connectivity index (χ4v) is 10.0. The molecule has 0 fully saturated rings. The van der Waals surface area contributed by atoms with Gasteiger partial charge in [-0.05, 0) is 122 Å². The molecule has 0 unspecified atom stereocenters. The van der Waals surface area contributed by atoms with Gasteiger partial charge >= 0.3 is 0 Å². The molecule has 0 saturated heterocycles. The Kier molecular flexibility index (Phi) is 7.39. The number of nitrogens with zero attached hydrogens (tertiary/aromatic N) is 4. The smallest absolute Gasteiger partial charge is 0.164 e. The van der Waals surface area contributed by atoms with Crippen molar-refractivity contribution in [3.05, 3.63) is 168 Å². The SMILES string of the molecule is CC1(C)CCC(C)(C)c2cc3c(cc21)c1ccccc1n3-c1ccc(-c2nc(-c3ccc4c(c3)-c3ccccc3C4(C)C)nc(-c3ccc4ccccc4c3)n2)cc1. The average Bonchev–Trinajstić information content (AvgIpc) is 3.69. The zero-order valence-corrected chi connectivity index (χ0v) is 34.1. The number of hydrogen-bond donors (Lipinski definition) is 0. The van der Waals surface area contributed by atoms with E-state index in [0.717, 1.165) is 27.8 Å². The second-order valence-electron chi connectivity index (χ2n) is 18.4. The standard InChI is InChI=1S/C54H46N4/c1-52(2)27-28-53(3,4)46-32-48-42(31-45(46)52)40-16-10-12-18-47(40)58(48)38-24-21-34(22-25-38)49-55-50(36-20-19-33-13-7-8-14-35(33)29-36)57-51(56-49)37-23-26-44-41(30-37)39-15-9-11-17-43(39)54(44,5)6/h7-26,29-32H,27-28H2,1-6H3. The van der Waals surface area contributed by atoms with Crippen molar-refractivity contribution in [2.45, 2.75) is 70.6 Å². The van der Waals surface area contributed by atoms with Crippen molar-refractivity contribution in [3.63, 3.8) is 0 Å². The van der Waals surface area contributed by atoms with Crippen LogP contribution in [-0.2, 0) is 16.2 Å². The molecule has 9 aromatic rings. The van der Waals surface area contributed by atoms with E-state index < -0.39 is 0 Å². The number of fused-ring (bicyclic) bond motifs is 8. The fraction of sp³-hybridized carbons (Fsp3) is 0.204. The zero-order valence-electron chi connectivity index (χ0n) is 34.1. The normalized spacial score (nSPS) is 16.0. The molecule has 4 nitrogen and oxygen atoms in total. The van der Waals surface area contributed by atoms with E-state index in [2.05, 4.69) is 192 Å². The van der Waals surface area contributed by atoms with Crippen LogP contribution in [0.4, 0.5) is 0 Å². The molecule has 2 aromatic heterocycles. The summed E-state index contributed by atoms with van der Waals surface area (Å²) in [6.45, 7) is 14.3. The lowest BCUT2D eigenvalue weighted by atomic mass is 9.63. The third kappa shape index (κ3) is 5.24. The van der Waals surface area contributed by atoms with Crippen LogP contribution in [0.5, 0.6) is 0 Å². The van der Waals surface area contributed by atoms with Gasteiger partial charge in [-0.1, -0.05) is 133 Å². The second kappa shape index (κ2) is 12.3. The number of para-hydroxylation sites is 1. The summed E-state index contributed by atoms with van der Waals surface area (Å²) in [6, 6.07) is 53.0. The van der Waals surface area contributed by atoms with Crippen LogP contribution in [0.15, 0.2) is 146 Å². The summed E-state index contributed by atoms with van der Waals surface area (Å²) in [5, 5.41) is 4.94. The molecule has 0 bridgehead atoms. The fourth-order valence-electron chi connectivity index (χ4n) is 10.0. The van der Waals surface area contributed by atoms with E-state index in [4.69, 9.17) is 15.0 Å². The van der Waals surface area contributed by atoms with Gasteiger partial charge in [0.15, 0.2) is 17.5 Å². The Balaban J connectivity index is 1.07. The van der Waals surface area contributed by atoms with Gasteiger partial charge in [-0.25, -0.2) is 15.0 Å². The Morgan fingerprint density at radius 3 is 1.74 bits per heavy atom. The summed E-state index contributed by atoms with van der Waals surface area (Å²) < 4.78 is 2.44. The van der Waals surface area contributed by atoms with Crippen LogP contribution in [-0.4, -0.2) is 19.5 Å². The quantitative estimate of drug-likeness (QED) is 0.180. The average molecular weight is 751 g/mol. The summed E-state index contributed by atoms with van der Waals surface area (Å²) in [4.78, 5) is 15.6. The van der Waals surface area contributed by atoms with Crippen LogP contribution in [0, 0.1) is 0 Å². The number of rotatable bonds is 4. The molecule has 0 amide bonds. The molecule has 58 heavy (non-hydrogen) atoms. The van der Waals surface area contributed by atoms with Crippen molar-refractivity contribution < 1.29 is 0 Å². The molecule has 2 aliphatic rings. The van der Waals surface area contributed by atoms with E-state index in [-0.39, 0.29) is 16.2 Å². The number of benzene rings is 7. The molecule has 7 aromatic carbocycles. The second-order valence-corrected chi connectivity index (χ2v) is 18.4. The molecule has 0 aliphatic heterocycles. The minimum absolute atomic E-state index is 0.0742. The van der Waals surface area contributed by atoms with E-state index >= 15 is 0 Å². The predicted molar refractivity (Wildman–Crippen MR) is 241 cm³/mol. The summed E-state index contributed by atoms with van der Waals surface area (Å²) >= 11 is 0. The lowest BCUT2D eigenvalue weighted by Crippen LogP contribution is -2.33. The highest BCUT2D eigenvalue weighted by atomic mass is 15.0. The number of hydrogen-bond acceptors (Lipinski definition) is 3. The van der Waals surface area contributed by atoms with Crippen molar-refractivity contribution in [3.8, 4) is 51.0 Å². The van der Waals surface area contributed by atoms with Crippen LogP contribution in [0.25, 0.3) is 83.6 Å². The van der Waals surface area contributed by atoms with Crippen molar-refractivity contribution in [1.82, 2.24) is 19.5 Å². The maximum absolute atomic E-state index is 5.22. The molecule has 0 radical (unpaired) electrons. The van der Waals surface area contributed by atoms with Crippen molar-refractivity contribution in [1.29, 1.82) is 0 Å². The maximum Gasteiger partial charge on any atom is 0.164 e. The monoisotopic (exact) mass is 750 g/mol. The Hall–Kier alpha value is -6.39. The van der Waals surface area contributed by atoms with Gasteiger partial charge in [0.2, 0.25) is 0 Å². The first kappa shape index (κ1) is 34.8. The maximum atomic E-state index is 5.22. The van der Waals surface area contributed by atoms with Crippen LogP contribution >= 0.6 is 0 Å². The first-order valence-corrected chi connectivity index (χ1v) is 20.7. The lowest BCUT2D eigenvalue weighted by molar-refractivity contribution is 0.332. The molecule has 282 valence electrons. The molecule has 2 aliphatic carbocycles. The highest BCUT2D eigenvalue weighted by Crippen LogP contribution is 2.50. The van der Waals surface area contributed by atoms with Gasteiger partial charge in [-0.3, -0.25) is 0 Å². The molecule has 0 atom stereocenters. The van der Waals surface area contributed by atoms with Crippen LogP contribution in [0.1, 0.15) is 76.6 Å². The van der Waals surface area contributed by atoms with Gasteiger partial charge < -0.3 is 4.57 Å². The van der Waals surface area contributed by atoms with E-state index in [1.807, 2.05) is 0 Å². The first-order valence-electron chi connectivity index (χ1n) is 20.7. The van der Waals surface area contributed by atoms with Gasteiger partial charge in [0.25, 0.3) is 0 Å². The molecule has 0 N–H and O–H groups in total. The van der Waals surface area contributed by atoms with Gasteiger partial charge in [-0.2, -0.15) is 0 Å². The molecular weight excluding hydrogens is 705 g/mol. The van der Waals surface area contributed by atoms with E-state index in [1.54, 1.807) is 0 Å². The first-order chi connectivity index (χ1) is 28.0. The third-order valence-corrected chi connectivity index (χ3v) is 13.5. The van der Waals surface area contributed by atoms with Gasteiger partial charge in [-0.15, -0.1) is 0 Å². The Morgan fingerprint density at radius 2 is 0.983 bits per heavy atom. The van der Waals surface area contributed by atoms with E-state index in [1.165, 1.54) is 73.4 Å². The van der Waals surface area contributed by atoms with E-state index in [9.17, 15) is 0 Å². The van der Waals surface area contributed by atoms with E-state index in [0.29, 0.717) is 17.5 Å². The predicted octanol–water partition coefficient (Wildman–Crippen LogP) is 13.8. The van der Waals surface area contributed by atoms with Crippen LogP contribution < -0.4 is 0 Å². The molecule has 4 heteroatoms. The summed E-state index contributed by atoms with van der Waals surface area (Å²) in [6.07, 6.45) is 2.37. The Bertz CT molecular complexity index is 3140. The molecule has 11 rings (SSSR count). The van der Waals surface area contributed by atoms with Crippen molar-refractivity contribution >= 4 is 32.6 Å². The van der Waals surface area contributed by atoms with Crippen LogP contribution in [0.3, 0.4) is 0 Å². The minimum Gasteiger partial charge on any atom is -0.309 e. The Morgan fingerprint density at radius 1 is 0.414 bits per heavy atom.